The van der Waals surface area contributed by atoms with Gasteiger partial charge in [0.2, 0.25) is 5.91 Å². The zero-order valence-electron chi connectivity index (χ0n) is 6.59. The van der Waals surface area contributed by atoms with Crippen LogP contribution in [0.1, 0.15) is 13.3 Å². The van der Waals surface area contributed by atoms with Crippen LogP contribution >= 0.6 is 0 Å². The predicted octanol–water partition coefficient (Wildman–Crippen LogP) is -0.316. The Morgan fingerprint density at radius 3 is 2.73 bits per heavy atom. The molecular formula is C7H11NO3. The quantitative estimate of drug-likeness (QED) is 0.531. The molecule has 1 amide bonds. The van der Waals surface area contributed by atoms with Crippen LogP contribution in [0, 0.1) is 5.92 Å². The van der Waals surface area contributed by atoms with E-state index in [0.717, 1.165) is 0 Å². The van der Waals surface area contributed by atoms with E-state index >= 15 is 0 Å². The molecule has 1 aliphatic rings. The molecule has 4 nitrogen and oxygen atoms in total. The third-order valence-electron chi connectivity index (χ3n) is 1.85. The number of rotatable bonds is 1. The van der Waals surface area contributed by atoms with E-state index in [9.17, 15) is 9.59 Å². The molecule has 0 spiro atoms. The maximum Gasteiger partial charge on any atom is 0.328 e. The van der Waals surface area contributed by atoms with Gasteiger partial charge in [0.25, 0.3) is 0 Å². The Bertz CT molecular complexity index is 190. The van der Waals surface area contributed by atoms with Crippen molar-refractivity contribution in [1.29, 1.82) is 0 Å². The van der Waals surface area contributed by atoms with Gasteiger partial charge in [0.15, 0.2) is 0 Å². The summed E-state index contributed by atoms with van der Waals surface area (Å²) >= 11 is 0. The van der Waals surface area contributed by atoms with Crippen molar-refractivity contribution in [3.63, 3.8) is 0 Å². The average Bonchev–Trinajstić information content (AvgIpc) is 2.28. The molecule has 0 aliphatic carbocycles. The highest BCUT2D eigenvalue weighted by atomic mass is 16.5. The van der Waals surface area contributed by atoms with Crippen molar-refractivity contribution in [3.8, 4) is 0 Å². The van der Waals surface area contributed by atoms with Crippen molar-refractivity contribution in [2.45, 2.75) is 19.4 Å². The first kappa shape index (κ1) is 8.04. The zero-order chi connectivity index (χ0) is 8.43. The largest absolute Gasteiger partial charge is 0.467 e. The van der Waals surface area contributed by atoms with Gasteiger partial charge in [-0.2, -0.15) is 0 Å². The maximum atomic E-state index is 10.9. The van der Waals surface area contributed by atoms with E-state index in [0.29, 0.717) is 6.42 Å². The van der Waals surface area contributed by atoms with Gasteiger partial charge in [-0.15, -0.1) is 0 Å². The van der Waals surface area contributed by atoms with Gasteiger partial charge >= 0.3 is 5.97 Å². The summed E-state index contributed by atoms with van der Waals surface area (Å²) in [5, 5.41) is 2.54. The Morgan fingerprint density at radius 1 is 1.73 bits per heavy atom. The number of ether oxygens (including phenoxy) is 1. The zero-order valence-corrected chi connectivity index (χ0v) is 6.59. The van der Waals surface area contributed by atoms with Crippen LogP contribution in [0.2, 0.25) is 0 Å². The highest BCUT2D eigenvalue weighted by molar-refractivity contribution is 5.88. The van der Waals surface area contributed by atoms with Gasteiger partial charge in [-0.3, -0.25) is 4.79 Å². The summed E-state index contributed by atoms with van der Waals surface area (Å²) in [7, 11) is 1.32. The second-order valence-electron chi connectivity index (χ2n) is 2.75. The lowest BCUT2D eigenvalue weighted by atomic mass is 10.0. The Balaban J connectivity index is 2.59. The standard InChI is InChI=1S/C7H11NO3/c1-4-3-5(9)8-6(4)7(10)11-2/h4,6H,3H2,1-2H3,(H,8,9)/t4-,6-/m1/s1. The van der Waals surface area contributed by atoms with E-state index < -0.39 is 6.04 Å². The van der Waals surface area contributed by atoms with Crippen molar-refractivity contribution >= 4 is 11.9 Å². The molecule has 11 heavy (non-hydrogen) atoms. The van der Waals surface area contributed by atoms with Crippen LogP contribution in [0.3, 0.4) is 0 Å². The van der Waals surface area contributed by atoms with Crippen molar-refractivity contribution in [3.05, 3.63) is 0 Å². The number of methoxy groups -OCH3 is 1. The SMILES string of the molecule is COC(=O)[C@@H]1NC(=O)C[C@H]1C. The topological polar surface area (TPSA) is 55.4 Å². The first-order valence-electron chi connectivity index (χ1n) is 3.52. The molecule has 0 bridgehead atoms. The summed E-state index contributed by atoms with van der Waals surface area (Å²) in [4.78, 5) is 21.7. The van der Waals surface area contributed by atoms with Crippen LogP contribution in [-0.2, 0) is 14.3 Å². The van der Waals surface area contributed by atoms with E-state index in [1.54, 1.807) is 0 Å². The van der Waals surface area contributed by atoms with Crippen LogP contribution in [0.15, 0.2) is 0 Å². The molecule has 0 unspecified atom stereocenters. The molecule has 0 aromatic carbocycles. The molecule has 1 heterocycles. The summed E-state index contributed by atoms with van der Waals surface area (Å²) in [6.07, 6.45) is 0.416. The van der Waals surface area contributed by atoms with Gasteiger partial charge in [0.1, 0.15) is 6.04 Å². The fraction of sp³-hybridized carbons (Fsp3) is 0.714. The molecule has 1 fully saturated rings. The lowest BCUT2D eigenvalue weighted by Gasteiger charge is -2.10. The van der Waals surface area contributed by atoms with Crippen molar-refractivity contribution < 1.29 is 14.3 Å². The van der Waals surface area contributed by atoms with Gasteiger partial charge in [0, 0.05) is 6.42 Å². The van der Waals surface area contributed by atoms with Crippen molar-refractivity contribution in [2.75, 3.05) is 7.11 Å². The minimum absolute atomic E-state index is 0.0509. The van der Waals surface area contributed by atoms with E-state index in [2.05, 4.69) is 10.1 Å². The minimum atomic E-state index is -0.438. The lowest BCUT2D eigenvalue weighted by Crippen LogP contribution is -2.37. The number of esters is 1. The summed E-state index contributed by atoms with van der Waals surface area (Å²) in [6.45, 7) is 1.85. The molecular weight excluding hydrogens is 146 g/mol. The normalized spacial score (nSPS) is 29.8. The summed E-state index contributed by atoms with van der Waals surface area (Å²) in [5.74, 6) is -0.383. The fourth-order valence-electron chi connectivity index (χ4n) is 1.20. The van der Waals surface area contributed by atoms with E-state index in [4.69, 9.17) is 0 Å². The number of nitrogens with one attached hydrogen (secondary N) is 1. The van der Waals surface area contributed by atoms with Gasteiger partial charge < -0.3 is 10.1 Å². The molecule has 62 valence electrons. The van der Waals surface area contributed by atoms with Gasteiger partial charge in [-0.05, 0) is 5.92 Å². The van der Waals surface area contributed by atoms with Gasteiger partial charge in [-0.1, -0.05) is 6.92 Å². The summed E-state index contributed by atoms with van der Waals surface area (Å²) in [5.41, 5.74) is 0. The highest BCUT2D eigenvalue weighted by Crippen LogP contribution is 2.16. The molecule has 0 aromatic rings. The average molecular weight is 157 g/mol. The van der Waals surface area contributed by atoms with Crippen LogP contribution in [-0.4, -0.2) is 25.0 Å². The Labute approximate surface area is 64.9 Å². The smallest absolute Gasteiger partial charge is 0.328 e. The van der Waals surface area contributed by atoms with Crippen molar-refractivity contribution in [1.82, 2.24) is 5.32 Å². The molecule has 0 saturated carbocycles. The van der Waals surface area contributed by atoms with Gasteiger partial charge in [-0.25, -0.2) is 4.79 Å². The lowest BCUT2D eigenvalue weighted by molar-refractivity contribution is -0.144. The van der Waals surface area contributed by atoms with E-state index in [1.807, 2.05) is 6.92 Å². The third kappa shape index (κ3) is 1.50. The number of amides is 1. The number of hydrogen-bond acceptors (Lipinski definition) is 3. The number of carbonyl (C=O) groups excluding carboxylic acids is 2. The monoisotopic (exact) mass is 157 g/mol. The van der Waals surface area contributed by atoms with Crippen LogP contribution in [0.5, 0.6) is 0 Å². The molecule has 0 aromatic heterocycles. The number of hydrogen-bond donors (Lipinski definition) is 1. The van der Waals surface area contributed by atoms with Crippen molar-refractivity contribution in [2.24, 2.45) is 5.92 Å². The van der Waals surface area contributed by atoms with Crippen LogP contribution in [0.25, 0.3) is 0 Å². The number of carbonyl (C=O) groups is 2. The first-order chi connectivity index (χ1) is 5.15. The third-order valence-corrected chi connectivity index (χ3v) is 1.85. The Kier molecular flexibility index (Phi) is 2.12. The molecule has 4 heteroatoms. The minimum Gasteiger partial charge on any atom is -0.467 e. The maximum absolute atomic E-state index is 10.9. The second-order valence-corrected chi connectivity index (χ2v) is 2.75. The molecule has 1 saturated heterocycles. The Hall–Kier alpha value is -1.06. The first-order valence-corrected chi connectivity index (χ1v) is 3.52. The summed E-state index contributed by atoms with van der Waals surface area (Å²) < 4.78 is 4.50. The van der Waals surface area contributed by atoms with E-state index in [1.165, 1.54) is 7.11 Å². The van der Waals surface area contributed by atoms with E-state index in [-0.39, 0.29) is 17.8 Å². The Morgan fingerprint density at radius 2 is 2.36 bits per heavy atom. The fourth-order valence-corrected chi connectivity index (χ4v) is 1.20. The molecule has 2 atom stereocenters. The predicted molar refractivity (Wildman–Crippen MR) is 37.7 cm³/mol. The van der Waals surface area contributed by atoms with Crippen LogP contribution in [0.4, 0.5) is 0 Å². The molecule has 0 radical (unpaired) electrons. The van der Waals surface area contributed by atoms with Gasteiger partial charge in [0.05, 0.1) is 7.11 Å². The molecule has 1 aliphatic heterocycles. The van der Waals surface area contributed by atoms with Crippen LogP contribution < -0.4 is 5.32 Å². The summed E-state index contributed by atoms with van der Waals surface area (Å²) in [6, 6.07) is -0.438. The highest BCUT2D eigenvalue weighted by Gasteiger charge is 2.34. The second kappa shape index (κ2) is 2.90. The molecule has 1 N–H and O–H groups in total. The molecule has 1 rings (SSSR count).